The number of carbonyl (C=O) groups is 1. The van der Waals surface area contributed by atoms with Crippen LogP contribution in [0, 0.1) is 0 Å². The van der Waals surface area contributed by atoms with Crippen LogP contribution >= 0.6 is 0 Å². The van der Waals surface area contributed by atoms with Gasteiger partial charge in [-0.1, -0.05) is 0 Å². The number of amides is 1. The van der Waals surface area contributed by atoms with Crippen molar-refractivity contribution in [3.8, 4) is 0 Å². The van der Waals surface area contributed by atoms with Gasteiger partial charge in [0.25, 0.3) is 5.91 Å². The van der Waals surface area contributed by atoms with Crippen LogP contribution in [0.15, 0.2) is 52.0 Å². The van der Waals surface area contributed by atoms with E-state index in [-0.39, 0.29) is 16.6 Å². The molecule has 10 heteroatoms. The van der Waals surface area contributed by atoms with Crippen LogP contribution in [0.25, 0.3) is 0 Å². The maximum absolute atomic E-state index is 12.6. The van der Waals surface area contributed by atoms with Crippen molar-refractivity contribution in [2.24, 2.45) is 5.14 Å². The fourth-order valence-corrected chi connectivity index (χ4v) is 5.34. The molecule has 0 spiro atoms. The van der Waals surface area contributed by atoms with Crippen LogP contribution in [0.4, 0.5) is 0 Å². The Balaban J connectivity index is 1.62. The first-order chi connectivity index (χ1) is 12.7. The summed E-state index contributed by atoms with van der Waals surface area (Å²) in [4.78, 5) is 14.1. The number of likely N-dealkylation sites (tertiary alicyclic amines) is 1. The van der Waals surface area contributed by atoms with E-state index < -0.39 is 25.1 Å². The van der Waals surface area contributed by atoms with Crippen molar-refractivity contribution >= 4 is 25.8 Å². The van der Waals surface area contributed by atoms with Gasteiger partial charge in [0.05, 0.1) is 16.4 Å². The standard InChI is InChI=1S/C17H20N2O6S2/c18-27(23,24)16-5-3-13(4-6-16)17(20)19-9-7-15(8-10-19)26(21,22)12-14-2-1-11-25-14/h1-6,11,15H,7-10,12H2,(H2,18,23,24). The second-order valence-corrected chi connectivity index (χ2v) is 10.3. The van der Waals surface area contributed by atoms with Gasteiger partial charge in [-0.25, -0.2) is 22.0 Å². The second kappa shape index (κ2) is 7.45. The van der Waals surface area contributed by atoms with Gasteiger partial charge in [0.15, 0.2) is 9.84 Å². The number of hydrogen-bond donors (Lipinski definition) is 1. The van der Waals surface area contributed by atoms with Gasteiger partial charge in [-0.15, -0.1) is 0 Å². The van der Waals surface area contributed by atoms with Crippen LogP contribution in [0.3, 0.4) is 0 Å². The maximum atomic E-state index is 12.6. The minimum Gasteiger partial charge on any atom is -0.468 e. The van der Waals surface area contributed by atoms with E-state index >= 15 is 0 Å². The average molecular weight is 412 g/mol. The number of rotatable bonds is 5. The lowest BCUT2D eigenvalue weighted by atomic mass is 10.1. The lowest BCUT2D eigenvalue weighted by Crippen LogP contribution is -2.42. The number of hydrogen-bond acceptors (Lipinski definition) is 6. The Labute approximate surface area is 157 Å². The molecule has 1 aliphatic heterocycles. The highest BCUT2D eigenvalue weighted by atomic mass is 32.2. The Kier molecular flexibility index (Phi) is 5.41. The second-order valence-electron chi connectivity index (χ2n) is 6.45. The van der Waals surface area contributed by atoms with E-state index in [0.717, 1.165) is 0 Å². The van der Waals surface area contributed by atoms with E-state index in [0.29, 0.717) is 37.3 Å². The summed E-state index contributed by atoms with van der Waals surface area (Å²) in [7, 11) is -7.17. The van der Waals surface area contributed by atoms with Crippen molar-refractivity contribution in [3.63, 3.8) is 0 Å². The summed E-state index contributed by atoms with van der Waals surface area (Å²) in [5.41, 5.74) is 0.333. The lowest BCUT2D eigenvalue weighted by molar-refractivity contribution is 0.0725. The molecule has 146 valence electrons. The maximum Gasteiger partial charge on any atom is 0.253 e. The summed E-state index contributed by atoms with van der Waals surface area (Å²) in [6.07, 6.45) is 2.14. The molecule has 27 heavy (non-hydrogen) atoms. The molecule has 0 radical (unpaired) electrons. The number of carbonyl (C=O) groups excluding carboxylic acids is 1. The number of nitrogens with two attached hydrogens (primary N) is 1. The summed E-state index contributed by atoms with van der Waals surface area (Å²) < 4.78 is 52.7. The van der Waals surface area contributed by atoms with Gasteiger partial charge in [0.1, 0.15) is 11.5 Å². The summed E-state index contributed by atoms with van der Waals surface area (Å²) >= 11 is 0. The van der Waals surface area contributed by atoms with Gasteiger partial charge >= 0.3 is 0 Å². The quantitative estimate of drug-likeness (QED) is 0.784. The fourth-order valence-electron chi connectivity index (χ4n) is 3.10. The van der Waals surface area contributed by atoms with E-state index in [2.05, 4.69) is 0 Å². The molecular formula is C17H20N2O6S2. The van der Waals surface area contributed by atoms with Gasteiger partial charge in [-0.3, -0.25) is 4.79 Å². The number of piperidine rings is 1. The summed E-state index contributed by atoms with van der Waals surface area (Å²) in [6, 6.07) is 8.64. The van der Waals surface area contributed by atoms with Gasteiger partial charge in [0, 0.05) is 18.7 Å². The van der Waals surface area contributed by atoms with Crippen LogP contribution in [0.2, 0.25) is 0 Å². The minimum atomic E-state index is -3.81. The van der Waals surface area contributed by atoms with Crippen LogP contribution < -0.4 is 5.14 Å². The molecule has 2 aromatic rings. The third kappa shape index (κ3) is 4.57. The van der Waals surface area contributed by atoms with Crippen molar-refractivity contribution in [1.82, 2.24) is 4.90 Å². The number of nitrogens with zero attached hydrogens (tertiary/aromatic N) is 1. The van der Waals surface area contributed by atoms with Crippen LogP contribution in [-0.4, -0.2) is 46.0 Å². The molecule has 1 aromatic heterocycles. The molecule has 0 aliphatic carbocycles. The highest BCUT2D eigenvalue weighted by Crippen LogP contribution is 2.23. The first kappa shape index (κ1) is 19.6. The Morgan fingerprint density at radius 2 is 1.70 bits per heavy atom. The van der Waals surface area contributed by atoms with Gasteiger partial charge in [-0.2, -0.15) is 0 Å². The van der Waals surface area contributed by atoms with Crippen molar-refractivity contribution < 1.29 is 26.0 Å². The summed E-state index contributed by atoms with van der Waals surface area (Å²) in [5.74, 6) is -0.00510. The molecule has 0 unspecified atom stereocenters. The molecule has 1 saturated heterocycles. The number of furan rings is 1. The predicted molar refractivity (Wildman–Crippen MR) is 98.1 cm³/mol. The van der Waals surface area contributed by atoms with E-state index in [1.54, 1.807) is 17.0 Å². The van der Waals surface area contributed by atoms with Crippen molar-refractivity contribution in [1.29, 1.82) is 0 Å². The van der Waals surface area contributed by atoms with E-state index in [1.165, 1.54) is 30.5 Å². The van der Waals surface area contributed by atoms with E-state index in [9.17, 15) is 21.6 Å². The third-order valence-corrected chi connectivity index (χ3v) is 7.69. The molecule has 1 aliphatic rings. The lowest BCUT2D eigenvalue weighted by Gasteiger charge is -2.31. The Morgan fingerprint density at radius 1 is 1.07 bits per heavy atom. The van der Waals surface area contributed by atoms with Crippen LogP contribution in [0.1, 0.15) is 29.0 Å². The summed E-state index contributed by atoms with van der Waals surface area (Å²) in [5, 5.41) is 4.53. The molecule has 8 nitrogen and oxygen atoms in total. The molecule has 0 bridgehead atoms. The minimum absolute atomic E-state index is 0.0678. The molecular weight excluding hydrogens is 392 g/mol. The van der Waals surface area contributed by atoms with E-state index in [4.69, 9.17) is 9.56 Å². The zero-order valence-electron chi connectivity index (χ0n) is 14.4. The summed E-state index contributed by atoms with van der Waals surface area (Å²) in [6.45, 7) is 0.635. The molecule has 2 heterocycles. The monoisotopic (exact) mass is 412 g/mol. The molecule has 1 amide bonds. The predicted octanol–water partition coefficient (Wildman–Crippen LogP) is 1.15. The molecule has 0 atom stereocenters. The normalized spacial score (nSPS) is 16.4. The SMILES string of the molecule is NS(=O)(=O)c1ccc(C(=O)N2CCC(S(=O)(=O)Cc3ccco3)CC2)cc1. The smallest absolute Gasteiger partial charge is 0.253 e. The van der Waals surface area contributed by atoms with E-state index in [1.807, 2.05) is 0 Å². The molecule has 1 fully saturated rings. The molecule has 1 aromatic carbocycles. The Bertz CT molecular complexity index is 1000. The number of benzene rings is 1. The van der Waals surface area contributed by atoms with Gasteiger partial charge < -0.3 is 9.32 Å². The first-order valence-corrected chi connectivity index (χ1v) is 11.6. The molecule has 3 rings (SSSR count). The van der Waals surface area contributed by atoms with Crippen molar-refractivity contribution in [2.45, 2.75) is 28.7 Å². The Hall–Kier alpha value is -2.17. The highest BCUT2D eigenvalue weighted by molar-refractivity contribution is 7.91. The third-order valence-electron chi connectivity index (χ3n) is 4.59. The largest absolute Gasteiger partial charge is 0.468 e. The Morgan fingerprint density at radius 3 is 2.22 bits per heavy atom. The van der Waals surface area contributed by atoms with Crippen LogP contribution in [-0.2, 0) is 25.6 Å². The number of sulfone groups is 1. The zero-order chi connectivity index (χ0) is 19.7. The number of sulfonamides is 1. The first-order valence-electron chi connectivity index (χ1n) is 8.33. The number of primary sulfonamides is 1. The molecule has 0 saturated carbocycles. The zero-order valence-corrected chi connectivity index (χ0v) is 16.1. The molecule has 2 N–H and O–H groups in total. The van der Waals surface area contributed by atoms with Gasteiger partial charge in [-0.05, 0) is 49.2 Å². The highest BCUT2D eigenvalue weighted by Gasteiger charge is 2.32. The van der Waals surface area contributed by atoms with Crippen molar-refractivity contribution in [2.75, 3.05) is 13.1 Å². The van der Waals surface area contributed by atoms with Crippen molar-refractivity contribution in [3.05, 3.63) is 54.0 Å². The van der Waals surface area contributed by atoms with Crippen LogP contribution in [0.5, 0.6) is 0 Å². The average Bonchev–Trinajstić information content (AvgIpc) is 3.13. The fraction of sp³-hybridized carbons (Fsp3) is 0.353. The topological polar surface area (TPSA) is 128 Å². The van der Waals surface area contributed by atoms with Gasteiger partial charge in [0.2, 0.25) is 10.0 Å².